The van der Waals surface area contributed by atoms with Crippen molar-refractivity contribution in [2.45, 2.75) is 65.0 Å². The number of amides is 3. The maximum absolute atomic E-state index is 13.0. The van der Waals surface area contributed by atoms with E-state index in [1.165, 1.54) is 5.01 Å². The van der Waals surface area contributed by atoms with E-state index in [0.717, 1.165) is 40.8 Å². The van der Waals surface area contributed by atoms with Crippen LogP contribution >= 0.6 is 0 Å². The molecule has 12 nitrogen and oxygen atoms in total. The van der Waals surface area contributed by atoms with Crippen LogP contribution < -0.4 is 10.7 Å². The second kappa shape index (κ2) is 14.1. The van der Waals surface area contributed by atoms with Crippen LogP contribution in [0.4, 0.5) is 9.59 Å². The Bertz CT molecular complexity index is 1430. The summed E-state index contributed by atoms with van der Waals surface area (Å²) in [6, 6.07) is 9.27. The lowest BCUT2D eigenvalue weighted by Crippen LogP contribution is -2.49. The van der Waals surface area contributed by atoms with Gasteiger partial charge in [0.25, 0.3) is 5.91 Å². The lowest BCUT2D eigenvalue weighted by Gasteiger charge is -2.37. The Hall–Kier alpha value is -4.58. The summed E-state index contributed by atoms with van der Waals surface area (Å²) in [5, 5.41) is 12.3. The van der Waals surface area contributed by atoms with Crippen LogP contribution in [0.1, 0.15) is 61.8 Å². The SMILES string of the molecule is CC1=NNC(=O)N(/N=C/c2cccnc2)C1.CCOC(=O)OC1=C(c2cc(C)ccc2C)C(=O)N[C@]12CC[C@@H](OC)CC2. The van der Waals surface area contributed by atoms with Gasteiger partial charge in [-0.05, 0) is 70.6 Å². The lowest BCUT2D eigenvalue weighted by atomic mass is 9.79. The zero-order valence-electron chi connectivity index (χ0n) is 25.2. The minimum atomic E-state index is -0.778. The molecule has 0 atom stereocenters. The molecule has 3 heterocycles. The Balaban J connectivity index is 0.000000225. The first kappa shape index (κ1) is 31.4. The number of hydrazone groups is 2. The van der Waals surface area contributed by atoms with Crippen molar-refractivity contribution in [3.63, 3.8) is 0 Å². The van der Waals surface area contributed by atoms with Gasteiger partial charge in [0.1, 0.15) is 5.76 Å². The summed E-state index contributed by atoms with van der Waals surface area (Å²) in [6.07, 6.45) is 7.19. The first-order valence-electron chi connectivity index (χ1n) is 14.2. The third-order valence-corrected chi connectivity index (χ3v) is 7.46. The number of carbonyl (C=O) groups is 3. The van der Waals surface area contributed by atoms with E-state index in [1.807, 2.05) is 51.1 Å². The molecule has 0 saturated heterocycles. The predicted octanol–water partition coefficient (Wildman–Crippen LogP) is 4.46. The summed E-state index contributed by atoms with van der Waals surface area (Å²) in [5.74, 6) is 0.174. The molecule has 1 saturated carbocycles. The highest BCUT2D eigenvalue weighted by molar-refractivity contribution is 6.24. The minimum Gasteiger partial charge on any atom is -0.434 e. The topological polar surface area (TPSA) is 144 Å². The Morgan fingerprint density at radius 1 is 1.19 bits per heavy atom. The first-order chi connectivity index (χ1) is 20.7. The molecule has 2 N–H and O–H groups in total. The number of ether oxygens (including phenoxy) is 3. The van der Waals surface area contributed by atoms with Gasteiger partial charge in [-0.25, -0.2) is 20.0 Å². The van der Waals surface area contributed by atoms with Crippen molar-refractivity contribution in [1.82, 2.24) is 20.7 Å². The van der Waals surface area contributed by atoms with Gasteiger partial charge in [0, 0.05) is 25.1 Å². The summed E-state index contributed by atoms with van der Waals surface area (Å²) in [5.41, 5.74) is 6.54. The van der Waals surface area contributed by atoms with E-state index in [2.05, 4.69) is 25.9 Å². The number of pyridine rings is 1. The van der Waals surface area contributed by atoms with Gasteiger partial charge in [0.2, 0.25) is 0 Å². The summed E-state index contributed by atoms with van der Waals surface area (Å²) in [6.45, 7) is 8.09. The highest BCUT2D eigenvalue weighted by Crippen LogP contribution is 2.44. The number of hydrogen-bond acceptors (Lipinski definition) is 9. The standard InChI is InChI=1S/C21H27NO5.C10H11N5O/c1-5-26-20(24)27-18-17(16-12-13(2)6-7-14(16)3)19(23)22-21(18)10-8-15(25-4)9-11-21;1-8-7-15(10(16)14-13-8)12-6-9-3-2-4-11-5-9/h6-7,12,15H,5,8-11H2,1-4H3,(H,22,23);2-6H,7H2,1H3,(H,14,16)/b;12-6+/t15-,21+;. The predicted molar refractivity (Wildman–Crippen MR) is 161 cm³/mol. The molecule has 3 amide bonds. The third kappa shape index (κ3) is 7.63. The maximum Gasteiger partial charge on any atom is 0.513 e. The van der Waals surface area contributed by atoms with E-state index in [4.69, 9.17) is 14.2 Å². The fourth-order valence-corrected chi connectivity index (χ4v) is 5.19. The zero-order chi connectivity index (χ0) is 31.0. The molecule has 2 aromatic rings. The fraction of sp³-hybridized carbons (Fsp3) is 0.419. The van der Waals surface area contributed by atoms with E-state index >= 15 is 0 Å². The fourth-order valence-electron chi connectivity index (χ4n) is 5.19. The minimum absolute atomic E-state index is 0.154. The van der Waals surface area contributed by atoms with E-state index < -0.39 is 11.7 Å². The van der Waals surface area contributed by atoms with Crippen LogP contribution in [-0.4, -0.2) is 71.9 Å². The molecule has 1 spiro atoms. The van der Waals surface area contributed by atoms with Crippen LogP contribution in [-0.2, 0) is 19.0 Å². The first-order valence-corrected chi connectivity index (χ1v) is 14.2. The van der Waals surface area contributed by atoms with Crippen LogP contribution in [0.2, 0.25) is 0 Å². The molecule has 5 rings (SSSR count). The zero-order valence-corrected chi connectivity index (χ0v) is 25.2. The molecule has 1 fully saturated rings. The second-order valence-corrected chi connectivity index (χ2v) is 10.6. The summed E-state index contributed by atoms with van der Waals surface area (Å²) < 4.78 is 16.1. The number of nitrogens with one attached hydrogen (secondary N) is 2. The van der Waals surface area contributed by atoms with Gasteiger partial charge in [-0.3, -0.25) is 9.78 Å². The van der Waals surface area contributed by atoms with E-state index in [9.17, 15) is 14.4 Å². The molecule has 2 aliphatic heterocycles. The van der Waals surface area contributed by atoms with Gasteiger partial charge in [-0.1, -0.05) is 29.8 Å². The number of urea groups is 1. The van der Waals surface area contributed by atoms with Crippen molar-refractivity contribution in [2.24, 2.45) is 10.2 Å². The normalized spacial score (nSPS) is 21.7. The van der Waals surface area contributed by atoms with Gasteiger partial charge < -0.3 is 19.5 Å². The summed E-state index contributed by atoms with van der Waals surface area (Å²) in [7, 11) is 1.70. The molecule has 1 aromatic carbocycles. The largest absolute Gasteiger partial charge is 0.513 e. The second-order valence-electron chi connectivity index (χ2n) is 10.6. The molecule has 1 aliphatic carbocycles. The molecule has 0 radical (unpaired) electrons. The van der Waals surface area contributed by atoms with Crippen LogP contribution in [0.3, 0.4) is 0 Å². The number of carbonyl (C=O) groups excluding carboxylic acids is 3. The molecule has 0 unspecified atom stereocenters. The molecular formula is C31H38N6O6. The molecule has 43 heavy (non-hydrogen) atoms. The van der Waals surface area contributed by atoms with E-state index in [1.54, 1.807) is 32.6 Å². The number of methoxy groups -OCH3 is 1. The molecule has 3 aliphatic rings. The number of benzene rings is 1. The van der Waals surface area contributed by atoms with Gasteiger partial charge in [0.05, 0.1) is 42.3 Å². The average Bonchev–Trinajstić information content (AvgIpc) is 3.25. The van der Waals surface area contributed by atoms with Crippen molar-refractivity contribution in [2.75, 3.05) is 20.3 Å². The number of nitrogens with zero attached hydrogens (tertiary/aromatic N) is 4. The highest BCUT2D eigenvalue weighted by atomic mass is 16.7. The quantitative estimate of drug-likeness (QED) is 0.373. The highest BCUT2D eigenvalue weighted by Gasteiger charge is 2.50. The molecule has 1 aromatic heterocycles. The van der Waals surface area contributed by atoms with Crippen molar-refractivity contribution in [3.05, 3.63) is 70.7 Å². The van der Waals surface area contributed by atoms with Crippen molar-refractivity contribution < 1.29 is 28.6 Å². The van der Waals surface area contributed by atoms with Crippen LogP contribution in [0.5, 0.6) is 0 Å². The van der Waals surface area contributed by atoms with Crippen LogP contribution in [0.15, 0.2) is 58.7 Å². The van der Waals surface area contributed by atoms with Gasteiger partial charge in [-0.15, -0.1) is 0 Å². The number of rotatable bonds is 6. The van der Waals surface area contributed by atoms with E-state index in [0.29, 0.717) is 30.7 Å². The number of aryl methyl sites for hydroxylation is 2. The van der Waals surface area contributed by atoms with Gasteiger partial charge in [-0.2, -0.15) is 10.2 Å². The van der Waals surface area contributed by atoms with Gasteiger partial charge >= 0.3 is 12.2 Å². The Labute approximate surface area is 251 Å². The van der Waals surface area contributed by atoms with Crippen molar-refractivity contribution in [3.8, 4) is 0 Å². The Morgan fingerprint density at radius 2 is 1.95 bits per heavy atom. The van der Waals surface area contributed by atoms with Crippen LogP contribution in [0, 0.1) is 13.8 Å². The monoisotopic (exact) mass is 590 g/mol. The Morgan fingerprint density at radius 3 is 2.63 bits per heavy atom. The molecule has 228 valence electrons. The summed E-state index contributed by atoms with van der Waals surface area (Å²) in [4.78, 5) is 40.4. The summed E-state index contributed by atoms with van der Waals surface area (Å²) >= 11 is 0. The lowest BCUT2D eigenvalue weighted by molar-refractivity contribution is -0.116. The maximum atomic E-state index is 13.0. The molecule has 0 bridgehead atoms. The van der Waals surface area contributed by atoms with Crippen molar-refractivity contribution in [1.29, 1.82) is 0 Å². The third-order valence-electron chi connectivity index (χ3n) is 7.46. The molecular weight excluding hydrogens is 552 g/mol. The van der Waals surface area contributed by atoms with Crippen LogP contribution in [0.25, 0.3) is 5.57 Å². The van der Waals surface area contributed by atoms with Crippen molar-refractivity contribution >= 4 is 35.6 Å². The average molecular weight is 591 g/mol. The number of aromatic nitrogens is 1. The molecule has 12 heteroatoms. The van der Waals surface area contributed by atoms with E-state index in [-0.39, 0.29) is 24.6 Å². The Kier molecular flexibility index (Phi) is 10.3. The van der Waals surface area contributed by atoms with Gasteiger partial charge in [0.15, 0.2) is 0 Å². The number of hydrogen-bond donors (Lipinski definition) is 2. The smallest absolute Gasteiger partial charge is 0.434 e.